The van der Waals surface area contributed by atoms with Gasteiger partial charge in [-0.05, 0) is 12.8 Å². The van der Waals surface area contributed by atoms with E-state index < -0.39 is 5.97 Å². The Morgan fingerprint density at radius 1 is 1.42 bits per heavy atom. The van der Waals surface area contributed by atoms with Crippen LogP contribution in [0.2, 0.25) is 0 Å². The highest BCUT2D eigenvalue weighted by Gasteiger charge is 2.27. The Morgan fingerprint density at radius 2 is 2.16 bits per heavy atom. The van der Waals surface area contributed by atoms with Gasteiger partial charge in [0.15, 0.2) is 0 Å². The molecule has 1 unspecified atom stereocenters. The molecule has 1 atom stereocenters. The number of aromatic nitrogens is 2. The van der Waals surface area contributed by atoms with Crippen molar-refractivity contribution in [3.05, 3.63) is 18.1 Å². The summed E-state index contributed by atoms with van der Waals surface area (Å²) in [6.07, 6.45) is 3.22. The molecule has 0 aromatic carbocycles. The van der Waals surface area contributed by atoms with Gasteiger partial charge in [-0.15, -0.1) is 0 Å². The van der Waals surface area contributed by atoms with Gasteiger partial charge in [0.05, 0.1) is 11.6 Å². The Kier molecular flexibility index (Phi) is 3.73. The van der Waals surface area contributed by atoms with Crippen LogP contribution in [0.4, 0.5) is 5.82 Å². The molecule has 0 aliphatic carbocycles. The van der Waals surface area contributed by atoms with E-state index in [1.807, 2.05) is 6.07 Å². The number of piperidine rings is 1. The Labute approximate surface area is 113 Å². The SMILES string of the molecule is CC(C)(C)c1cc(N2CCCC(C(=O)O)C2)ncn1. The zero-order valence-corrected chi connectivity index (χ0v) is 11.8. The molecule has 0 radical (unpaired) electrons. The normalized spacial score (nSPS) is 20.4. The summed E-state index contributed by atoms with van der Waals surface area (Å²) in [4.78, 5) is 21.8. The van der Waals surface area contributed by atoms with E-state index in [1.165, 1.54) is 0 Å². The van der Waals surface area contributed by atoms with Crippen molar-refractivity contribution in [3.8, 4) is 0 Å². The fourth-order valence-electron chi connectivity index (χ4n) is 2.32. The Balaban J connectivity index is 2.20. The number of hydrogen-bond donors (Lipinski definition) is 1. The first-order valence-corrected chi connectivity index (χ1v) is 6.68. The van der Waals surface area contributed by atoms with Gasteiger partial charge in [0, 0.05) is 24.6 Å². The van der Waals surface area contributed by atoms with Crippen LogP contribution in [-0.2, 0) is 10.2 Å². The molecule has 104 valence electrons. The number of aliphatic carboxylic acids is 1. The van der Waals surface area contributed by atoms with E-state index in [4.69, 9.17) is 5.11 Å². The lowest BCUT2D eigenvalue weighted by Crippen LogP contribution is -2.39. The molecule has 1 aliphatic rings. The summed E-state index contributed by atoms with van der Waals surface area (Å²) in [5, 5.41) is 9.13. The highest BCUT2D eigenvalue weighted by Crippen LogP contribution is 2.25. The first kappa shape index (κ1) is 13.8. The predicted molar refractivity (Wildman–Crippen MR) is 73.3 cm³/mol. The zero-order chi connectivity index (χ0) is 14.0. The maximum atomic E-state index is 11.1. The van der Waals surface area contributed by atoms with Gasteiger partial charge in [0.1, 0.15) is 12.1 Å². The maximum absolute atomic E-state index is 11.1. The molecule has 0 saturated carbocycles. The molecule has 0 spiro atoms. The third-order valence-corrected chi connectivity index (χ3v) is 3.52. The standard InChI is InChI=1S/C14H21N3O2/c1-14(2,3)11-7-12(16-9-15-11)17-6-4-5-10(8-17)13(18)19/h7,9-10H,4-6,8H2,1-3H3,(H,18,19). The van der Waals surface area contributed by atoms with Crippen molar-refractivity contribution >= 4 is 11.8 Å². The lowest BCUT2D eigenvalue weighted by molar-refractivity contribution is -0.141. The molecule has 1 N–H and O–H groups in total. The van der Waals surface area contributed by atoms with E-state index in [2.05, 4.69) is 35.6 Å². The smallest absolute Gasteiger partial charge is 0.308 e. The van der Waals surface area contributed by atoms with Crippen LogP contribution in [-0.4, -0.2) is 34.1 Å². The monoisotopic (exact) mass is 263 g/mol. The van der Waals surface area contributed by atoms with Gasteiger partial charge in [-0.3, -0.25) is 4.79 Å². The Hall–Kier alpha value is -1.65. The van der Waals surface area contributed by atoms with E-state index in [1.54, 1.807) is 6.33 Å². The summed E-state index contributed by atoms with van der Waals surface area (Å²) in [6, 6.07) is 1.98. The second-order valence-corrected chi connectivity index (χ2v) is 6.13. The van der Waals surface area contributed by atoms with Gasteiger partial charge in [-0.1, -0.05) is 20.8 Å². The number of nitrogens with zero attached hydrogens (tertiary/aromatic N) is 3. The van der Waals surface area contributed by atoms with Crippen molar-refractivity contribution in [2.45, 2.75) is 39.0 Å². The summed E-state index contributed by atoms with van der Waals surface area (Å²) in [6.45, 7) is 7.72. The number of carboxylic acids is 1. The fraction of sp³-hybridized carbons (Fsp3) is 0.643. The van der Waals surface area contributed by atoms with Crippen LogP contribution in [0.15, 0.2) is 12.4 Å². The molecule has 19 heavy (non-hydrogen) atoms. The van der Waals surface area contributed by atoms with Crippen LogP contribution in [0.1, 0.15) is 39.3 Å². The zero-order valence-electron chi connectivity index (χ0n) is 11.8. The van der Waals surface area contributed by atoms with Gasteiger partial charge in [-0.25, -0.2) is 9.97 Å². The fourth-order valence-corrected chi connectivity index (χ4v) is 2.32. The minimum Gasteiger partial charge on any atom is -0.481 e. The highest BCUT2D eigenvalue weighted by molar-refractivity contribution is 5.71. The minimum atomic E-state index is -0.713. The molecule has 1 saturated heterocycles. The summed E-state index contributed by atoms with van der Waals surface area (Å²) in [5.74, 6) is -0.164. The predicted octanol–water partition coefficient (Wildman–Crippen LogP) is 2.08. The van der Waals surface area contributed by atoms with Crippen molar-refractivity contribution in [1.29, 1.82) is 0 Å². The van der Waals surface area contributed by atoms with E-state index in [0.29, 0.717) is 6.54 Å². The number of anilines is 1. The third kappa shape index (κ3) is 3.22. The molecule has 2 heterocycles. The lowest BCUT2D eigenvalue weighted by Gasteiger charge is -2.32. The van der Waals surface area contributed by atoms with Crippen LogP contribution in [0, 0.1) is 5.92 Å². The first-order chi connectivity index (χ1) is 8.88. The summed E-state index contributed by atoms with van der Waals surface area (Å²) < 4.78 is 0. The van der Waals surface area contributed by atoms with Crippen LogP contribution < -0.4 is 4.90 Å². The van der Waals surface area contributed by atoms with Crippen molar-refractivity contribution in [3.63, 3.8) is 0 Å². The highest BCUT2D eigenvalue weighted by atomic mass is 16.4. The molecule has 1 aliphatic heterocycles. The van der Waals surface area contributed by atoms with E-state index >= 15 is 0 Å². The van der Waals surface area contributed by atoms with Gasteiger partial charge >= 0.3 is 5.97 Å². The molecule has 1 aromatic rings. The third-order valence-electron chi connectivity index (χ3n) is 3.52. The number of carboxylic acid groups (broad SMARTS) is 1. The largest absolute Gasteiger partial charge is 0.481 e. The summed E-state index contributed by atoms with van der Waals surface area (Å²) in [7, 11) is 0. The average molecular weight is 263 g/mol. The first-order valence-electron chi connectivity index (χ1n) is 6.68. The minimum absolute atomic E-state index is 0.0281. The molecule has 0 bridgehead atoms. The topological polar surface area (TPSA) is 66.3 Å². The molecule has 1 aromatic heterocycles. The maximum Gasteiger partial charge on any atom is 0.308 e. The average Bonchev–Trinajstić information content (AvgIpc) is 2.38. The number of carbonyl (C=O) groups is 1. The van der Waals surface area contributed by atoms with Gasteiger partial charge in [-0.2, -0.15) is 0 Å². The molecule has 5 heteroatoms. The second kappa shape index (κ2) is 5.15. The van der Waals surface area contributed by atoms with E-state index in [9.17, 15) is 4.79 Å². The van der Waals surface area contributed by atoms with Gasteiger partial charge in [0.2, 0.25) is 0 Å². The molecule has 0 amide bonds. The summed E-state index contributed by atoms with van der Waals surface area (Å²) in [5.41, 5.74) is 0.953. The van der Waals surface area contributed by atoms with Crippen LogP contribution in [0.3, 0.4) is 0 Å². The number of rotatable bonds is 2. The van der Waals surface area contributed by atoms with Crippen molar-refractivity contribution in [2.75, 3.05) is 18.0 Å². The molecular formula is C14H21N3O2. The Bertz CT molecular complexity index is 468. The lowest BCUT2D eigenvalue weighted by atomic mass is 9.91. The van der Waals surface area contributed by atoms with Crippen LogP contribution in [0.5, 0.6) is 0 Å². The van der Waals surface area contributed by atoms with E-state index in [-0.39, 0.29) is 11.3 Å². The van der Waals surface area contributed by atoms with Crippen molar-refractivity contribution in [1.82, 2.24) is 9.97 Å². The van der Waals surface area contributed by atoms with Crippen molar-refractivity contribution < 1.29 is 9.90 Å². The number of hydrogen-bond acceptors (Lipinski definition) is 4. The molecule has 2 rings (SSSR count). The molecular weight excluding hydrogens is 242 g/mol. The van der Waals surface area contributed by atoms with Crippen LogP contribution in [0.25, 0.3) is 0 Å². The quantitative estimate of drug-likeness (QED) is 0.884. The van der Waals surface area contributed by atoms with Gasteiger partial charge < -0.3 is 10.0 Å². The summed E-state index contributed by atoms with van der Waals surface area (Å²) >= 11 is 0. The Morgan fingerprint density at radius 3 is 2.79 bits per heavy atom. The van der Waals surface area contributed by atoms with Crippen molar-refractivity contribution in [2.24, 2.45) is 5.92 Å². The van der Waals surface area contributed by atoms with E-state index in [0.717, 1.165) is 30.9 Å². The van der Waals surface area contributed by atoms with Crippen LogP contribution >= 0.6 is 0 Å². The second-order valence-electron chi connectivity index (χ2n) is 6.13. The van der Waals surface area contributed by atoms with Gasteiger partial charge in [0.25, 0.3) is 0 Å². The molecule has 1 fully saturated rings. The molecule has 5 nitrogen and oxygen atoms in total.